The monoisotopic (exact) mass is 472 g/mol. The fraction of sp³-hybridized carbons (Fsp3) is 0.188. The van der Waals surface area contributed by atoms with E-state index >= 15 is 0 Å². The highest BCUT2D eigenvalue weighted by molar-refractivity contribution is 14.1. The Labute approximate surface area is 157 Å². The molecular formula is C16H14FIN4O2S. The van der Waals surface area contributed by atoms with E-state index in [0.29, 0.717) is 29.6 Å². The zero-order valence-corrected chi connectivity index (χ0v) is 15.9. The van der Waals surface area contributed by atoms with Crippen LogP contribution in [-0.4, -0.2) is 23.9 Å². The Hall–Kier alpha value is -1.88. The second-order valence-corrected chi connectivity index (χ2v) is 9.12. The van der Waals surface area contributed by atoms with Crippen molar-refractivity contribution < 1.29 is 12.8 Å². The van der Waals surface area contributed by atoms with Gasteiger partial charge < -0.3 is 5.32 Å². The first kappa shape index (κ1) is 16.6. The Balaban J connectivity index is 1.79. The molecule has 1 aliphatic rings. The van der Waals surface area contributed by atoms with Crippen LogP contribution in [0.3, 0.4) is 0 Å². The van der Waals surface area contributed by atoms with Crippen molar-refractivity contribution in [3.63, 3.8) is 0 Å². The molecule has 0 unspecified atom stereocenters. The highest BCUT2D eigenvalue weighted by Crippen LogP contribution is 2.37. The number of halogens is 2. The van der Waals surface area contributed by atoms with Gasteiger partial charge in [0, 0.05) is 8.96 Å². The van der Waals surface area contributed by atoms with Crippen LogP contribution in [0.15, 0.2) is 36.5 Å². The molecule has 0 spiro atoms. The third kappa shape index (κ3) is 3.30. The molecule has 3 N–H and O–H groups in total. The third-order valence-corrected chi connectivity index (χ3v) is 6.55. The van der Waals surface area contributed by atoms with E-state index in [1.807, 2.05) is 22.6 Å². The number of hydrogen-bond acceptors (Lipinski definition) is 4. The Bertz CT molecular complexity index is 1060. The molecule has 1 aliphatic carbocycles. The van der Waals surface area contributed by atoms with E-state index in [0.717, 1.165) is 9.09 Å². The summed E-state index contributed by atoms with van der Waals surface area (Å²) in [5.41, 5.74) is 1.83. The maximum absolute atomic E-state index is 14.2. The molecule has 1 heterocycles. The summed E-state index contributed by atoms with van der Waals surface area (Å²) in [6.45, 7) is 0. The number of sulfonamides is 1. The molecule has 6 nitrogen and oxygen atoms in total. The van der Waals surface area contributed by atoms with Gasteiger partial charge in [-0.1, -0.05) is 0 Å². The minimum Gasteiger partial charge on any atom is -0.351 e. The zero-order chi connectivity index (χ0) is 17.6. The first-order valence-corrected chi connectivity index (χ1v) is 10.3. The van der Waals surface area contributed by atoms with Gasteiger partial charge in [0.15, 0.2) is 0 Å². The molecule has 0 amide bonds. The van der Waals surface area contributed by atoms with E-state index in [-0.39, 0.29) is 10.9 Å². The fourth-order valence-corrected chi connectivity index (χ4v) is 4.43. The predicted octanol–water partition coefficient (Wildman–Crippen LogP) is 3.95. The minimum absolute atomic E-state index is 0.265. The van der Waals surface area contributed by atoms with Crippen LogP contribution in [0.4, 0.5) is 21.5 Å². The van der Waals surface area contributed by atoms with Gasteiger partial charge in [-0.05, 0) is 65.8 Å². The number of rotatable bonds is 5. The number of fused-ring (bicyclic) bond motifs is 1. The van der Waals surface area contributed by atoms with Crippen molar-refractivity contribution in [2.45, 2.75) is 18.1 Å². The van der Waals surface area contributed by atoms with Gasteiger partial charge >= 0.3 is 0 Å². The number of aromatic amines is 1. The zero-order valence-electron chi connectivity index (χ0n) is 12.9. The quantitative estimate of drug-likeness (QED) is 0.491. The second-order valence-electron chi connectivity index (χ2n) is 5.91. The average Bonchev–Trinajstić information content (AvgIpc) is 3.31. The van der Waals surface area contributed by atoms with Crippen molar-refractivity contribution in [2.75, 3.05) is 10.0 Å². The standard InChI is InChI=1S/C16H14FIN4O2S/c17-12-7-9(18)1-4-14(12)20-16-11-8-19-21-13(11)5-6-15(16)22-25(23,24)10-2-3-10/h1,4-8,10,20,22H,2-3H2,(H,19,21). The molecule has 25 heavy (non-hydrogen) atoms. The van der Waals surface area contributed by atoms with Crippen molar-refractivity contribution in [3.8, 4) is 0 Å². The summed E-state index contributed by atoms with van der Waals surface area (Å²) in [6.07, 6.45) is 2.91. The Morgan fingerprint density at radius 3 is 2.68 bits per heavy atom. The smallest absolute Gasteiger partial charge is 0.235 e. The number of aromatic nitrogens is 2. The SMILES string of the molecule is O=S(=O)(Nc1ccc2[nH]ncc2c1Nc1ccc(I)cc1F)C1CC1. The van der Waals surface area contributed by atoms with Crippen LogP contribution in [0.25, 0.3) is 10.9 Å². The minimum atomic E-state index is -3.44. The van der Waals surface area contributed by atoms with Gasteiger partial charge in [-0.3, -0.25) is 9.82 Å². The molecule has 2 aromatic carbocycles. The first-order chi connectivity index (χ1) is 11.9. The summed E-state index contributed by atoms with van der Waals surface area (Å²) >= 11 is 2.03. The highest BCUT2D eigenvalue weighted by Gasteiger charge is 2.36. The van der Waals surface area contributed by atoms with E-state index < -0.39 is 15.8 Å². The predicted molar refractivity (Wildman–Crippen MR) is 104 cm³/mol. The summed E-state index contributed by atoms with van der Waals surface area (Å²) in [6, 6.07) is 8.19. The summed E-state index contributed by atoms with van der Waals surface area (Å²) in [4.78, 5) is 0. The fourth-order valence-electron chi connectivity index (χ4n) is 2.58. The van der Waals surface area contributed by atoms with Crippen LogP contribution in [0.1, 0.15) is 12.8 Å². The molecule has 0 radical (unpaired) electrons. The van der Waals surface area contributed by atoms with Crippen molar-refractivity contribution in [2.24, 2.45) is 0 Å². The normalized spacial score (nSPS) is 14.6. The maximum Gasteiger partial charge on any atom is 0.235 e. The lowest BCUT2D eigenvalue weighted by molar-refractivity contribution is 0.600. The van der Waals surface area contributed by atoms with Gasteiger partial charge in [0.2, 0.25) is 10.0 Å². The maximum atomic E-state index is 14.2. The molecular weight excluding hydrogens is 458 g/mol. The number of nitrogens with zero attached hydrogens (tertiary/aromatic N) is 1. The topological polar surface area (TPSA) is 86.9 Å². The van der Waals surface area contributed by atoms with Gasteiger partial charge in [-0.2, -0.15) is 5.10 Å². The lowest BCUT2D eigenvalue weighted by Gasteiger charge is -2.15. The van der Waals surface area contributed by atoms with Crippen LogP contribution in [-0.2, 0) is 10.0 Å². The summed E-state index contributed by atoms with van der Waals surface area (Å²) in [7, 11) is -3.44. The Morgan fingerprint density at radius 1 is 1.20 bits per heavy atom. The van der Waals surface area contributed by atoms with Gasteiger partial charge in [-0.15, -0.1) is 0 Å². The molecule has 1 aromatic heterocycles. The molecule has 1 saturated carbocycles. The average molecular weight is 472 g/mol. The molecule has 0 atom stereocenters. The molecule has 0 saturated heterocycles. The van der Waals surface area contributed by atoms with Gasteiger partial charge in [0.05, 0.1) is 34.0 Å². The molecule has 9 heteroatoms. The molecule has 0 bridgehead atoms. The Morgan fingerprint density at radius 2 is 1.96 bits per heavy atom. The molecule has 130 valence electrons. The van der Waals surface area contributed by atoms with Gasteiger partial charge in [0.25, 0.3) is 0 Å². The van der Waals surface area contributed by atoms with Crippen molar-refractivity contribution in [1.82, 2.24) is 10.2 Å². The second kappa shape index (κ2) is 6.13. The van der Waals surface area contributed by atoms with Crippen molar-refractivity contribution >= 4 is 60.6 Å². The summed E-state index contributed by atoms with van der Waals surface area (Å²) in [5, 5.41) is 10.2. The number of hydrogen-bond donors (Lipinski definition) is 3. The Kier molecular flexibility index (Phi) is 4.07. The van der Waals surface area contributed by atoms with Crippen molar-refractivity contribution in [3.05, 3.63) is 45.9 Å². The molecule has 4 rings (SSSR count). The molecule has 3 aromatic rings. The first-order valence-electron chi connectivity index (χ1n) is 7.64. The number of benzene rings is 2. The van der Waals surface area contributed by atoms with E-state index in [1.54, 1.807) is 30.5 Å². The van der Waals surface area contributed by atoms with Crippen LogP contribution < -0.4 is 10.0 Å². The summed E-state index contributed by atoms with van der Waals surface area (Å²) < 4.78 is 42.3. The van der Waals surface area contributed by atoms with E-state index in [4.69, 9.17) is 0 Å². The van der Waals surface area contributed by atoms with Crippen LogP contribution in [0.5, 0.6) is 0 Å². The summed E-state index contributed by atoms with van der Waals surface area (Å²) in [5.74, 6) is -0.414. The number of H-pyrrole nitrogens is 1. The van der Waals surface area contributed by atoms with Crippen molar-refractivity contribution in [1.29, 1.82) is 0 Å². The van der Waals surface area contributed by atoms with Gasteiger partial charge in [0.1, 0.15) is 5.82 Å². The van der Waals surface area contributed by atoms with Crippen LogP contribution in [0, 0.1) is 9.39 Å². The van der Waals surface area contributed by atoms with Crippen LogP contribution >= 0.6 is 22.6 Å². The lowest BCUT2D eigenvalue weighted by atomic mass is 10.2. The highest BCUT2D eigenvalue weighted by atomic mass is 127. The largest absolute Gasteiger partial charge is 0.351 e. The van der Waals surface area contributed by atoms with Gasteiger partial charge in [-0.25, -0.2) is 12.8 Å². The molecule has 0 aliphatic heterocycles. The third-order valence-electron chi connectivity index (χ3n) is 4.03. The number of anilines is 3. The lowest BCUT2D eigenvalue weighted by Crippen LogP contribution is -2.18. The molecule has 1 fully saturated rings. The number of nitrogens with one attached hydrogen (secondary N) is 3. The van der Waals surface area contributed by atoms with E-state index in [9.17, 15) is 12.8 Å². The van der Waals surface area contributed by atoms with E-state index in [2.05, 4.69) is 20.2 Å². The van der Waals surface area contributed by atoms with E-state index in [1.165, 1.54) is 6.07 Å². The van der Waals surface area contributed by atoms with Crippen LogP contribution in [0.2, 0.25) is 0 Å².